The molecule has 1 saturated carbocycles. The summed E-state index contributed by atoms with van der Waals surface area (Å²) in [6.45, 7) is 7.94. The van der Waals surface area contributed by atoms with Crippen molar-refractivity contribution in [2.75, 3.05) is 13.2 Å². The molecule has 0 spiro atoms. The van der Waals surface area contributed by atoms with Gasteiger partial charge in [-0.15, -0.1) is 0 Å². The van der Waals surface area contributed by atoms with E-state index in [1.807, 2.05) is 12.1 Å². The van der Waals surface area contributed by atoms with E-state index in [4.69, 9.17) is 13.9 Å². The van der Waals surface area contributed by atoms with Crippen molar-refractivity contribution in [2.24, 2.45) is 5.92 Å². The van der Waals surface area contributed by atoms with Gasteiger partial charge in [-0.25, -0.2) is 0 Å². The first-order chi connectivity index (χ1) is 13.9. The van der Waals surface area contributed by atoms with Crippen LogP contribution in [-0.4, -0.2) is 39.7 Å². The Bertz CT molecular complexity index is 785. The van der Waals surface area contributed by atoms with E-state index >= 15 is 0 Å². The topological polar surface area (TPSA) is 44.8 Å². The van der Waals surface area contributed by atoms with Crippen LogP contribution in [0.5, 0.6) is 0 Å². The molecule has 2 aliphatic rings. The highest BCUT2D eigenvalue weighted by Crippen LogP contribution is 2.41. The monoisotopic (exact) mass is 410 g/mol. The third kappa shape index (κ3) is 3.84. The van der Waals surface area contributed by atoms with Crippen LogP contribution in [-0.2, 0) is 18.7 Å². The Morgan fingerprint density at radius 1 is 0.862 bits per heavy atom. The van der Waals surface area contributed by atoms with Crippen molar-refractivity contribution in [1.29, 1.82) is 0 Å². The summed E-state index contributed by atoms with van der Waals surface area (Å²) < 4.78 is 18.8. The fourth-order valence-electron chi connectivity index (χ4n) is 4.80. The predicted octanol–water partition coefficient (Wildman–Crippen LogP) is 3.28. The maximum absolute atomic E-state index is 12.5. The first-order valence-electron chi connectivity index (χ1n) is 10.5. The minimum absolute atomic E-state index is 0.0494. The lowest BCUT2D eigenvalue weighted by Gasteiger charge is -2.45. The van der Waals surface area contributed by atoms with Crippen molar-refractivity contribution < 1.29 is 18.7 Å². The average Bonchev–Trinajstić information content (AvgIpc) is 3.36. The molecule has 2 aromatic carbocycles. The molecule has 29 heavy (non-hydrogen) atoms. The standard InChI is InChI=1S/C24H30O4Si/c1-24(2,3)29(19-10-6-4-7-11-19,20-12-8-5-9-13-20)28-22-17-18(25)16-21(22)23-26-14-15-27-23/h4-13,21-23H,14-17H2,1-3H3/t21-,22+/m1/s1. The zero-order chi connectivity index (χ0) is 20.5. The fraction of sp³-hybridized carbons (Fsp3) is 0.458. The number of carbonyl (C=O) groups is 1. The summed E-state index contributed by atoms with van der Waals surface area (Å²) in [6.07, 6.45) is 0.355. The molecule has 0 aromatic heterocycles. The van der Waals surface area contributed by atoms with Gasteiger partial charge >= 0.3 is 0 Å². The number of benzene rings is 2. The number of hydrogen-bond acceptors (Lipinski definition) is 4. The molecule has 5 heteroatoms. The fourth-order valence-corrected chi connectivity index (χ4v) is 9.52. The second-order valence-electron chi connectivity index (χ2n) is 9.04. The number of hydrogen-bond donors (Lipinski definition) is 0. The minimum Gasteiger partial charge on any atom is -0.404 e. The highest BCUT2D eigenvalue weighted by Gasteiger charge is 2.54. The van der Waals surface area contributed by atoms with Crippen LogP contribution < -0.4 is 10.4 Å². The molecule has 4 rings (SSSR count). The number of ether oxygens (including phenoxy) is 2. The summed E-state index contributed by atoms with van der Waals surface area (Å²) in [7, 11) is -2.70. The van der Waals surface area contributed by atoms with Crippen LogP contribution in [0.4, 0.5) is 0 Å². The Kier molecular flexibility index (Phi) is 5.75. The Morgan fingerprint density at radius 3 is 1.86 bits per heavy atom. The Morgan fingerprint density at radius 2 is 1.38 bits per heavy atom. The summed E-state index contributed by atoms with van der Waals surface area (Å²) in [5.74, 6) is 0.184. The molecule has 2 atom stereocenters. The third-order valence-electron chi connectivity index (χ3n) is 6.11. The molecule has 4 nitrogen and oxygen atoms in total. The zero-order valence-electron chi connectivity index (χ0n) is 17.5. The number of ketones is 1. The van der Waals surface area contributed by atoms with Crippen LogP contribution in [0.1, 0.15) is 33.6 Å². The van der Waals surface area contributed by atoms with E-state index in [1.165, 1.54) is 10.4 Å². The van der Waals surface area contributed by atoms with E-state index in [0.29, 0.717) is 26.1 Å². The molecule has 154 valence electrons. The quantitative estimate of drug-likeness (QED) is 0.710. The summed E-state index contributed by atoms with van der Waals surface area (Å²) in [5.41, 5.74) is 0. The predicted molar refractivity (Wildman–Crippen MR) is 116 cm³/mol. The second kappa shape index (κ2) is 8.15. The third-order valence-corrected chi connectivity index (χ3v) is 11.2. The molecule has 1 heterocycles. The minimum atomic E-state index is -2.70. The highest BCUT2D eigenvalue weighted by molar-refractivity contribution is 6.99. The van der Waals surface area contributed by atoms with Gasteiger partial charge in [-0.05, 0) is 15.4 Å². The van der Waals surface area contributed by atoms with E-state index in [9.17, 15) is 4.79 Å². The average molecular weight is 411 g/mol. The number of carbonyl (C=O) groups excluding carboxylic acids is 1. The Labute approximate surface area is 174 Å². The van der Waals surface area contributed by atoms with Gasteiger partial charge in [0.05, 0.1) is 19.3 Å². The van der Waals surface area contributed by atoms with Gasteiger partial charge in [-0.3, -0.25) is 4.79 Å². The SMILES string of the molecule is CC(C)(C)[Si](O[C@H]1CC(=O)C[C@H]1C1OCCO1)(c1ccccc1)c1ccccc1. The first-order valence-corrected chi connectivity index (χ1v) is 12.4. The van der Waals surface area contributed by atoms with Crippen LogP contribution in [0.2, 0.25) is 5.04 Å². The molecule has 0 unspecified atom stereocenters. The maximum Gasteiger partial charge on any atom is 0.261 e. The summed E-state index contributed by atoms with van der Waals surface area (Å²) in [5, 5.41) is 2.33. The number of Topliss-reactive ketones (excluding diaryl/α,β-unsaturated/α-hetero) is 1. The zero-order valence-corrected chi connectivity index (χ0v) is 18.5. The molecular formula is C24H30O4Si. The van der Waals surface area contributed by atoms with Gasteiger partial charge in [-0.2, -0.15) is 0 Å². The van der Waals surface area contributed by atoms with E-state index in [-0.39, 0.29) is 29.1 Å². The van der Waals surface area contributed by atoms with Crippen molar-refractivity contribution in [3.05, 3.63) is 60.7 Å². The highest BCUT2D eigenvalue weighted by atomic mass is 28.4. The van der Waals surface area contributed by atoms with E-state index in [1.54, 1.807) is 0 Å². The van der Waals surface area contributed by atoms with Gasteiger partial charge in [0, 0.05) is 18.8 Å². The summed E-state index contributed by atoms with van der Waals surface area (Å²) >= 11 is 0. The molecule has 0 bridgehead atoms. The van der Waals surface area contributed by atoms with Crippen LogP contribution >= 0.6 is 0 Å². The van der Waals surface area contributed by atoms with E-state index < -0.39 is 8.32 Å². The van der Waals surface area contributed by atoms with Gasteiger partial charge in [0.2, 0.25) is 0 Å². The largest absolute Gasteiger partial charge is 0.404 e. The maximum atomic E-state index is 12.5. The van der Waals surface area contributed by atoms with Gasteiger partial charge in [-0.1, -0.05) is 81.4 Å². The van der Waals surface area contributed by atoms with Crippen molar-refractivity contribution >= 4 is 24.5 Å². The molecule has 2 fully saturated rings. The molecule has 0 N–H and O–H groups in total. The van der Waals surface area contributed by atoms with Crippen LogP contribution in [0.15, 0.2) is 60.7 Å². The lowest BCUT2D eigenvalue weighted by molar-refractivity contribution is -0.120. The van der Waals surface area contributed by atoms with Crippen LogP contribution in [0.25, 0.3) is 0 Å². The molecule has 2 aromatic rings. The second-order valence-corrected chi connectivity index (χ2v) is 13.3. The van der Waals surface area contributed by atoms with Crippen molar-refractivity contribution in [2.45, 2.75) is 51.0 Å². The van der Waals surface area contributed by atoms with E-state index in [0.717, 1.165) is 0 Å². The Balaban J connectivity index is 1.81. The molecule has 1 aliphatic carbocycles. The van der Waals surface area contributed by atoms with Crippen molar-refractivity contribution in [3.8, 4) is 0 Å². The first kappa shape index (κ1) is 20.5. The van der Waals surface area contributed by atoms with Crippen LogP contribution in [0, 0.1) is 5.92 Å². The molecule has 1 aliphatic heterocycles. The lowest BCUT2D eigenvalue weighted by Crippen LogP contribution is -2.68. The number of rotatable bonds is 5. The smallest absolute Gasteiger partial charge is 0.261 e. The van der Waals surface area contributed by atoms with E-state index in [2.05, 4.69) is 69.3 Å². The normalized spacial score (nSPS) is 23.6. The summed E-state index contributed by atoms with van der Waals surface area (Å²) in [4.78, 5) is 12.5. The molecule has 0 radical (unpaired) electrons. The van der Waals surface area contributed by atoms with Crippen molar-refractivity contribution in [3.63, 3.8) is 0 Å². The van der Waals surface area contributed by atoms with Gasteiger partial charge < -0.3 is 13.9 Å². The summed E-state index contributed by atoms with van der Waals surface area (Å²) in [6, 6.07) is 21.1. The van der Waals surface area contributed by atoms with Gasteiger partial charge in [0.1, 0.15) is 5.78 Å². The van der Waals surface area contributed by atoms with Gasteiger partial charge in [0.25, 0.3) is 8.32 Å². The molecular weight excluding hydrogens is 380 g/mol. The van der Waals surface area contributed by atoms with Gasteiger partial charge in [0.15, 0.2) is 6.29 Å². The Hall–Kier alpha value is -1.79. The van der Waals surface area contributed by atoms with Crippen LogP contribution in [0.3, 0.4) is 0 Å². The lowest BCUT2D eigenvalue weighted by atomic mass is 10.1. The molecule has 0 amide bonds. The van der Waals surface area contributed by atoms with Crippen molar-refractivity contribution in [1.82, 2.24) is 0 Å². The molecule has 1 saturated heterocycles.